The molecule has 0 unspecified atom stereocenters. The Labute approximate surface area is 176 Å². The predicted octanol–water partition coefficient (Wildman–Crippen LogP) is 2.11. The van der Waals surface area contributed by atoms with Crippen molar-refractivity contribution in [3.8, 4) is 5.75 Å². The van der Waals surface area contributed by atoms with E-state index in [1.807, 2.05) is 0 Å². The van der Waals surface area contributed by atoms with E-state index in [-0.39, 0.29) is 12.2 Å². The van der Waals surface area contributed by atoms with Crippen LogP contribution >= 0.6 is 0 Å². The standard InChI is InChI=1S/C21H19N5O5/c1-26(21(30)31)17(6-11-2-4-14(27)5-3-11)20(29)24-13-7-15-18-12(9-22-16(18)8-13)10-23-25-19(15)28/h2-5,7-10,17,22,27H,6H2,1H3,(H,24,29)(H,25,28)(H,30,31)/t17-/m1/s1. The molecule has 0 bridgehead atoms. The van der Waals surface area contributed by atoms with Gasteiger partial charge in [-0.1, -0.05) is 12.1 Å². The second kappa shape index (κ2) is 7.82. The van der Waals surface area contributed by atoms with Gasteiger partial charge in [0.05, 0.1) is 11.8 Å². The van der Waals surface area contributed by atoms with Gasteiger partial charge in [-0.15, -0.1) is 0 Å². The number of amides is 3. The van der Waals surface area contributed by atoms with Crippen molar-refractivity contribution in [1.82, 2.24) is 15.3 Å². The lowest BCUT2D eigenvalue weighted by molar-refractivity contribution is -0.120. The number of nitrogens with zero attached hydrogens (tertiary/aromatic N) is 2. The van der Waals surface area contributed by atoms with Gasteiger partial charge in [0, 0.05) is 41.8 Å². The zero-order valence-corrected chi connectivity index (χ0v) is 16.4. The van der Waals surface area contributed by atoms with E-state index in [1.165, 1.54) is 31.5 Å². The first-order chi connectivity index (χ1) is 14.8. The molecule has 10 heteroatoms. The fourth-order valence-corrected chi connectivity index (χ4v) is 3.49. The summed E-state index contributed by atoms with van der Waals surface area (Å²) in [4.78, 5) is 40.9. The first-order valence-corrected chi connectivity index (χ1v) is 9.36. The highest BCUT2D eigenvalue weighted by Crippen LogP contribution is 2.27. The quantitative estimate of drug-likeness (QED) is 0.428. The Balaban J connectivity index is 1.64. The lowest BCUT2D eigenvalue weighted by atomic mass is 10.0. The third-order valence-corrected chi connectivity index (χ3v) is 5.13. The average molecular weight is 421 g/mol. The molecule has 1 atom stereocenters. The Hall–Kier alpha value is -4.34. The Bertz CT molecular complexity index is 1210. The largest absolute Gasteiger partial charge is 0.508 e. The average Bonchev–Trinajstić information content (AvgIpc) is 3.07. The number of aromatic nitrogens is 1. The molecule has 31 heavy (non-hydrogen) atoms. The number of nitrogens with one attached hydrogen (secondary N) is 3. The molecule has 3 amide bonds. The number of hydrazone groups is 1. The molecule has 0 fully saturated rings. The van der Waals surface area contributed by atoms with Crippen LogP contribution in [0.4, 0.5) is 10.5 Å². The predicted molar refractivity (Wildman–Crippen MR) is 113 cm³/mol. The summed E-state index contributed by atoms with van der Waals surface area (Å²) in [5.74, 6) is -0.900. The fraction of sp³-hybridized carbons (Fsp3) is 0.143. The molecular formula is C21H19N5O5. The fourth-order valence-electron chi connectivity index (χ4n) is 3.49. The lowest BCUT2D eigenvalue weighted by Crippen LogP contribution is -2.45. The van der Waals surface area contributed by atoms with E-state index >= 15 is 0 Å². The first kappa shape index (κ1) is 20.0. The zero-order chi connectivity index (χ0) is 22.1. The molecule has 0 spiro atoms. The number of benzene rings is 2. The molecule has 2 heterocycles. The minimum absolute atomic E-state index is 0.0714. The summed E-state index contributed by atoms with van der Waals surface area (Å²) in [6.45, 7) is 0. The minimum atomic E-state index is -1.26. The van der Waals surface area contributed by atoms with Crippen LogP contribution in [-0.4, -0.2) is 57.3 Å². The van der Waals surface area contributed by atoms with Crippen LogP contribution in [-0.2, 0) is 11.2 Å². The molecular weight excluding hydrogens is 402 g/mol. The van der Waals surface area contributed by atoms with Gasteiger partial charge in [-0.3, -0.25) is 14.5 Å². The van der Waals surface area contributed by atoms with Crippen LogP contribution in [0, 0.1) is 0 Å². The number of hydrogen-bond donors (Lipinski definition) is 5. The SMILES string of the molecule is CN(C(=O)O)[C@H](Cc1ccc(O)cc1)C(=O)Nc1cc2c3c(c[nH]c3c1)C=NNC2=O. The number of carboxylic acid groups (broad SMARTS) is 1. The molecule has 0 aliphatic carbocycles. The highest BCUT2D eigenvalue weighted by molar-refractivity contribution is 6.15. The molecule has 0 radical (unpaired) electrons. The summed E-state index contributed by atoms with van der Waals surface area (Å²) >= 11 is 0. The number of carbonyl (C=O) groups is 3. The third kappa shape index (κ3) is 3.90. The first-order valence-electron chi connectivity index (χ1n) is 9.36. The number of likely N-dealkylation sites (N-methyl/N-ethyl adjacent to an activating group) is 1. The highest BCUT2D eigenvalue weighted by Gasteiger charge is 2.28. The number of phenols is 1. The van der Waals surface area contributed by atoms with Gasteiger partial charge >= 0.3 is 6.09 Å². The van der Waals surface area contributed by atoms with Crippen molar-refractivity contribution in [2.75, 3.05) is 12.4 Å². The molecule has 0 saturated carbocycles. The van der Waals surface area contributed by atoms with Crippen molar-refractivity contribution in [2.45, 2.75) is 12.5 Å². The molecule has 1 aliphatic heterocycles. The van der Waals surface area contributed by atoms with Crippen molar-refractivity contribution >= 4 is 40.7 Å². The number of hydrogen-bond acceptors (Lipinski definition) is 5. The molecule has 3 aromatic rings. The van der Waals surface area contributed by atoms with Gasteiger partial charge in [0.15, 0.2) is 0 Å². The topological polar surface area (TPSA) is 147 Å². The van der Waals surface area contributed by atoms with Gasteiger partial charge in [0.2, 0.25) is 5.91 Å². The van der Waals surface area contributed by atoms with Crippen LogP contribution in [0.3, 0.4) is 0 Å². The van der Waals surface area contributed by atoms with Crippen LogP contribution in [0.5, 0.6) is 5.75 Å². The van der Waals surface area contributed by atoms with Crippen LogP contribution < -0.4 is 10.7 Å². The van der Waals surface area contributed by atoms with Crippen LogP contribution in [0.2, 0.25) is 0 Å². The number of H-pyrrole nitrogens is 1. The van der Waals surface area contributed by atoms with E-state index in [4.69, 9.17) is 0 Å². The summed E-state index contributed by atoms with van der Waals surface area (Å²) in [6.07, 6.45) is 2.08. The Kier molecular flexibility index (Phi) is 5.04. The number of rotatable bonds is 5. The summed E-state index contributed by atoms with van der Waals surface area (Å²) in [7, 11) is 1.31. The molecule has 158 valence electrons. The van der Waals surface area contributed by atoms with Gasteiger partial charge in [0.25, 0.3) is 5.91 Å². The van der Waals surface area contributed by atoms with E-state index in [9.17, 15) is 24.6 Å². The highest BCUT2D eigenvalue weighted by atomic mass is 16.4. The summed E-state index contributed by atoms with van der Waals surface area (Å²) in [5.41, 5.74) is 5.13. The third-order valence-electron chi connectivity index (χ3n) is 5.13. The summed E-state index contributed by atoms with van der Waals surface area (Å²) in [6, 6.07) is 8.34. The van der Waals surface area contributed by atoms with Gasteiger partial charge in [-0.05, 0) is 29.8 Å². The van der Waals surface area contributed by atoms with Crippen molar-refractivity contribution in [2.24, 2.45) is 5.10 Å². The van der Waals surface area contributed by atoms with E-state index in [0.29, 0.717) is 27.7 Å². The maximum absolute atomic E-state index is 13.0. The van der Waals surface area contributed by atoms with Crippen molar-refractivity contribution in [3.63, 3.8) is 0 Å². The van der Waals surface area contributed by atoms with Gasteiger partial charge in [-0.2, -0.15) is 5.10 Å². The number of aromatic amines is 1. The van der Waals surface area contributed by atoms with E-state index in [1.54, 1.807) is 24.4 Å². The Morgan fingerprint density at radius 2 is 1.97 bits per heavy atom. The number of anilines is 1. The van der Waals surface area contributed by atoms with Gasteiger partial charge in [-0.25, -0.2) is 10.2 Å². The van der Waals surface area contributed by atoms with Gasteiger partial charge in [0.1, 0.15) is 11.8 Å². The van der Waals surface area contributed by atoms with Crippen molar-refractivity contribution < 1.29 is 24.6 Å². The number of phenolic OH excluding ortho intramolecular Hbond substituents is 1. The van der Waals surface area contributed by atoms with Gasteiger partial charge < -0.3 is 20.5 Å². The van der Waals surface area contributed by atoms with E-state index < -0.39 is 23.9 Å². The summed E-state index contributed by atoms with van der Waals surface area (Å²) < 4.78 is 0. The second-order valence-electron chi connectivity index (χ2n) is 7.16. The smallest absolute Gasteiger partial charge is 0.407 e. The normalized spacial score (nSPS) is 13.4. The molecule has 1 aliphatic rings. The maximum Gasteiger partial charge on any atom is 0.407 e. The zero-order valence-electron chi connectivity index (χ0n) is 16.4. The Morgan fingerprint density at radius 1 is 1.23 bits per heavy atom. The van der Waals surface area contributed by atoms with Crippen LogP contribution in [0.15, 0.2) is 47.7 Å². The monoisotopic (exact) mass is 421 g/mol. The van der Waals surface area contributed by atoms with Crippen molar-refractivity contribution in [3.05, 3.63) is 59.3 Å². The molecule has 2 aromatic carbocycles. The Morgan fingerprint density at radius 3 is 2.68 bits per heavy atom. The maximum atomic E-state index is 13.0. The molecule has 0 saturated heterocycles. The number of carbonyl (C=O) groups excluding carboxylic acids is 2. The van der Waals surface area contributed by atoms with Crippen LogP contribution in [0.25, 0.3) is 10.9 Å². The molecule has 4 rings (SSSR count). The van der Waals surface area contributed by atoms with E-state index in [2.05, 4.69) is 20.8 Å². The lowest BCUT2D eigenvalue weighted by Gasteiger charge is -2.25. The van der Waals surface area contributed by atoms with Crippen LogP contribution in [0.1, 0.15) is 21.5 Å². The molecule has 5 N–H and O–H groups in total. The molecule has 1 aromatic heterocycles. The molecule has 10 nitrogen and oxygen atoms in total. The number of aromatic hydroxyl groups is 1. The van der Waals surface area contributed by atoms with Crippen molar-refractivity contribution in [1.29, 1.82) is 0 Å². The summed E-state index contributed by atoms with van der Waals surface area (Å²) in [5, 5.41) is 26.1. The second-order valence-corrected chi connectivity index (χ2v) is 7.16. The minimum Gasteiger partial charge on any atom is -0.508 e. The van der Waals surface area contributed by atoms with E-state index in [0.717, 1.165) is 10.5 Å².